The summed E-state index contributed by atoms with van der Waals surface area (Å²) >= 11 is 0. The number of nitrogens with one attached hydrogen (secondary N) is 2. The standard InChI is InChI=1S/C36H22N4/c1-2-13-24(14-3-1)39-32-26-16-8-5-11-22(26)19-29-35(32)40-34-28(37-29)18-21-10-4-7-15-25(21)31(34)38-30-20-23-12-6-9-17-27(23)33(39)36(30)40/h1-20,37-38H. The highest BCUT2D eigenvalue weighted by atomic mass is 15.3. The van der Waals surface area contributed by atoms with Gasteiger partial charge in [-0.2, -0.15) is 0 Å². The van der Waals surface area contributed by atoms with E-state index in [9.17, 15) is 0 Å². The molecule has 3 aliphatic rings. The third kappa shape index (κ3) is 2.42. The summed E-state index contributed by atoms with van der Waals surface area (Å²) in [5, 5.41) is 15.1. The van der Waals surface area contributed by atoms with Crippen LogP contribution in [-0.2, 0) is 0 Å². The zero-order chi connectivity index (χ0) is 25.9. The van der Waals surface area contributed by atoms with E-state index in [1.807, 2.05) is 0 Å². The Morgan fingerprint density at radius 1 is 0.375 bits per heavy atom. The minimum Gasteiger partial charge on any atom is -0.352 e. The van der Waals surface area contributed by atoms with Crippen molar-refractivity contribution in [3.8, 4) is 0 Å². The van der Waals surface area contributed by atoms with Gasteiger partial charge >= 0.3 is 0 Å². The van der Waals surface area contributed by atoms with E-state index < -0.39 is 0 Å². The molecule has 2 N–H and O–H groups in total. The van der Waals surface area contributed by atoms with E-state index in [4.69, 9.17) is 0 Å². The highest BCUT2D eigenvalue weighted by Gasteiger charge is 2.43. The molecule has 0 aliphatic carbocycles. The monoisotopic (exact) mass is 510 g/mol. The number of benzene rings is 7. The molecule has 4 heteroatoms. The van der Waals surface area contributed by atoms with Gasteiger partial charge in [0.25, 0.3) is 0 Å². The molecular formula is C36H22N4. The number of rotatable bonds is 1. The molecule has 0 bridgehead atoms. The van der Waals surface area contributed by atoms with Crippen LogP contribution in [0.3, 0.4) is 0 Å². The van der Waals surface area contributed by atoms with Crippen LogP contribution in [0.1, 0.15) is 0 Å². The Morgan fingerprint density at radius 3 is 1.48 bits per heavy atom. The molecule has 0 aromatic heterocycles. The summed E-state index contributed by atoms with van der Waals surface area (Å²) in [6, 6.07) is 43.9. The average Bonchev–Trinajstić information content (AvgIpc) is 3.01. The molecule has 0 unspecified atom stereocenters. The van der Waals surface area contributed by atoms with Gasteiger partial charge in [-0.3, -0.25) is 4.90 Å². The van der Waals surface area contributed by atoms with Gasteiger partial charge in [0.15, 0.2) is 0 Å². The van der Waals surface area contributed by atoms with E-state index in [2.05, 4.69) is 142 Å². The SMILES string of the molecule is c1ccc(N2c3c4c(cc5ccccc35)Nc3cc5ccccc5c5c3N4c3c(cc4ccccc4c32)N5)cc1. The first-order valence-electron chi connectivity index (χ1n) is 13.7. The van der Waals surface area contributed by atoms with Gasteiger partial charge in [0.2, 0.25) is 0 Å². The van der Waals surface area contributed by atoms with E-state index in [-0.39, 0.29) is 0 Å². The minimum atomic E-state index is 1.12. The largest absolute Gasteiger partial charge is 0.352 e. The molecule has 0 saturated carbocycles. The van der Waals surface area contributed by atoms with E-state index in [1.54, 1.807) is 0 Å². The first-order valence-corrected chi connectivity index (χ1v) is 13.7. The molecule has 4 nitrogen and oxygen atoms in total. The van der Waals surface area contributed by atoms with Crippen LogP contribution in [0.2, 0.25) is 0 Å². The van der Waals surface area contributed by atoms with Crippen molar-refractivity contribution in [2.45, 2.75) is 0 Å². The number of hydrogen-bond donors (Lipinski definition) is 2. The maximum Gasteiger partial charge on any atom is 0.0950 e. The highest BCUT2D eigenvalue weighted by Crippen LogP contribution is 2.68. The van der Waals surface area contributed by atoms with Gasteiger partial charge in [-0.05, 0) is 46.5 Å². The first kappa shape index (κ1) is 20.5. The Balaban J connectivity index is 1.46. The molecule has 40 heavy (non-hydrogen) atoms. The number of anilines is 10. The predicted molar refractivity (Wildman–Crippen MR) is 168 cm³/mol. The molecule has 3 heterocycles. The first-order chi connectivity index (χ1) is 19.8. The van der Waals surface area contributed by atoms with Gasteiger partial charge in [-0.1, -0.05) is 91.0 Å². The van der Waals surface area contributed by atoms with Crippen molar-refractivity contribution >= 4 is 89.2 Å². The minimum absolute atomic E-state index is 1.12. The Morgan fingerprint density at radius 2 is 0.850 bits per heavy atom. The Labute approximate surface area is 230 Å². The third-order valence-corrected chi connectivity index (χ3v) is 8.67. The molecule has 0 amide bonds. The van der Waals surface area contributed by atoms with Gasteiger partial charge in [0.05, 0.1) is 51.2 Å². The van der Waals surface area contributed by atoms with Crippen molar-refractivity contribution in [2.24, 2.45) is 0 Å². The fraction of sp³-hybridized carbons (Fsp3) is 0. The van der Waals surface area contributed by atoms with Crippen LogP contribution in [0.15, 0.2) is 121 Å². The summed E-state index contributed by atoms with van der Waals surface area (Å²) in [6.45, 7) is 0. The molecule has 7 aromatic carbocycles. The Hall–Kier alpha value is -5.48. The molecule has 0 saturated heterocycles. The van der Waals surface area contributed by atoms with Crippen molar-refractivity contribution in [1.82, 2.24) is 0 Å². The van der Waals surface area contributed by atoms with Crippen LogP contribution in [0.25, 0.3) is 32.3 Å². The summed E-state index contributed by atoms with van der Waals surface area (Å²) in [7, 11) is 0. The molecule has 186 valence electrons. The average molecular weight is 511 g/mol. The number of nitrogens with zero attached hydrogens (tertiary/aromatic N) is 2. The predicted octanol–water partition coefficient (Wildman–Crippen LogP) is 10.5. The van der Waals surface area contributed by atoms with Crippen molar-refractivity contribution in [3.05, 3.63) is 121 Å². The molecule has 0 fully saturated rings. The summed E-state index contributed by atoms with van der Waals surface area (Å²) in [5.41, 5.74) is 11.6. The van der Waals surface area contributed by atoms with E-state index in [0.717, 1.165) is 28.4 Å². The van der Waals surface area contributed by atoms with Crippen molar-refractivity contribution in [3.63, 3.8) is 0 Å². The molecular weight excluding hydrogens is 488 g/mol. The van der Waals surface area contributed by atoms with Crippen LogP contribution >= 0.6 is 0 Å². The second kappa shape index (κ2) is 7.13. The fourth-order valence-electron chi connectivity index (χ4n) is 7.08. The smallest absolute Gasteiger partial charge is 0.0950 e. The van der Waals surface area contributed by atoms with Gasteiger partial charge in [0, 0.05) is 21.8 Å². The number of para-hydroxylation sites is 1. The maximum atomic E-state index is 3.92. The van der Waals surface area contributed by atoms with Crippen LogP contribution in [0.4, 0.5) is 56.9 Å². The summed E-state index contributed by atoms with van der Waals surface area (Å²) in [5.74, 6) is 0. The zero-order valence-corrected chi connectivity index (χ0v) is 21.4. The van der Waals surface area contributed by atoms with Crippen molar-refractivity contribution < 1.29 is 0 Å². The van der Waals surface area contributed by atoms with Crippen LogP contribution in [0.5, 0.6) is 0 Å². The van der Waals surface area contributed by atoms with Gasteiger partial charge in [-0.15, -0.1) is 0 Å². The van der Waals surface area contributed by atoms with E-state index in [1.165, 1.54) is 60.8 Å². The second-order valence-electron chi connectivity index (χ2n) is 10.8. The van der Waals surface area contributed by atoms with E-state index in [0.29, 0.717) is 0 Å². The zero-order valence-electron chi connectivity index (χ0n) is 21.4. The van der Waals surface area contributed by atoms with Crippen molar-refractivity contribution in [2.75, 3.05) is 20.4 Å². The molecule has 7 aromatic rings. The second-order valence-corrected chi connectivity index (χ2v) is 10.8. The lowest BCUT2D eigenvalue weighted by molar-refractivity contribution is 1.16. The van der Waals surface area contributed by atoms with E-state index >= 15 is 0 Å². The lowest BCUT2D eigenvalue weighted by Gasteiger charge is -2.48. The van der Waals surface area contributed by atoms with Gasteiger partial charge in [-0.25, -0.2) is 0 Å². The summed E-state index contributed by atoms with van der Waals surface area (Å²) in [6.07, 6.45) is 0. The maximum absolute atomic E-state index is 3.92. The van der Waals surface area contributed by atoms with Gasteiger partial charge in [0.1, 0.15) is 0 Å². The lowest BCUT2D eigenvalue weighted by atomic mass is 9.90. The molecule has 0 spiro atoms. The van der Waals surface area contributed by atoms with Crippen LogP contribution in [0, 0.1) is 0 Å². The molecule has 0 atom stereocenters. The lowest BCUT2D eigenvalue weighted by Crippen LogP contribution is -2.31. The molecule has 10 rings (SSSR count). The molecule has 0 radical (unpaired) electrons. The number of fused-ring (bicyclic) bond motifs is 6. The van der Waals surface area contributed by atoms with Gasteiger partial charge < -0.3 is 15.5 Å². The summed E-state index contributed by atoms with van der Waals surface area (Å²) < 4.78 is 0. The van der Waals surface area contributed by atoms with Crippen LogP contribution < -0.4 is 20.4 Å². The Kier molecular flexibility index (Phi) is 3.65. The quantitative estimate of drug-likeness (QED) is 0.230. The normalized spacial score (nSPS) is 13.8. The Bertz CT molecular complexity index is 2210. The topological polar surface area (TPSA) is 30.5 Å². The highest BCUT2D eigenvalue weighted by molar-refractivity contribution is 6.28. The summed E-state index contributed by atoms with van der Waals surface area (Å²) in [4.78, 5) is 5.01. The van der Waals surface area contributed by atoms with Crippen molar-refractivity contribution in [1.29, 1.82) is 0 Å². The number of hydrogen-bond acceptors (Lipinski definition) is 4. The third-order valence-electron chi connectivity index (χ3n) is 8.67. The fourth-order valence-corrected chi connectivity index (χ4v) is 7.08. The van der Waals surface area contributed by atoms with Crippen LogP contribution in [-0.4, -0.2) is 0 Å². The molecule has 3 aliphatic heterocycles.